The fraction of sp³-hybridized carbons (Fsp3) is 0.107. The predicted octanol–water partition coefficient (Wildman–Crippen LogP) is 15.1. The Morgan fingerprint density at radius 2 is 0.625 bits per heavy atom. The number of hydrogen-bond donors (Lipinski definition) is 0. The van der Waals surface area contributed by atoms with E-state index in [4.69, 9.17) is 9.05 Å². The maximum absolute atomic E-state index is 7.72. The number of rotatable bonds is 8. The van der Waals surface area contributed by atoms with Crippen LogP contribution in [0.5, 0.6) is 11.5 Å². The van der Waals surface area contributed by atoms with E-state index in [0.717, 1.165) is 33.6 Å². The molecule has 7 aromatic carbocycles. The zero-order chi connectivity index (χ0) is 42.8. The van der Waals surface area contributed by atoms with Crippen LogP contribution in [0.3, 0.4) is 0 Å². The summed E-state index contributed by atoms with van der Waals surface area (Å²) in [6.07, 6.45) is 9.11. The Bertz CT molecular complexity index is 3310. The van der Waals surface area contributed by atoms with Crippen LogP contribution in [-0.2, 0) is 0 Å². The molecule has 14 rings (SSSR count). The van der Waals surface area contributed by atoms with Gasteiger partial charge in [0.1, 0.15) is 11.5 Å². The van der Waals surface area contributed by atoms with Crippen molar-refractivity contribution < 1.29 is 9.05 Å². The van der Waals surface area contributed by atoms with Crippen molar-refractivity contribution >= 4 is 60.5 Å². The molecule has 4 heterocycles. The summed E-state index contributed by atoms with van der Waals surface area (Å²) in [5, 5.41) is 4.94. The van der Waals surface area contributed by atoms with Crippen LogP contribution in [-0.4, -0.2) is 17.4 Å². The highest BCUT2D eigenvalue weighted by Crippen LogP contribution is 2.62. The molecular formula is C56H44N4O2P2. The molecule has 310 valence electrons. The van der Waals surface area contributed by atoms with Crippen LogP contribution in [0.2, 0.25) is 0 Å². The molecule has 0 unspecified atom stereocenters. The second-order valence-corrected chi connectivity index (χ2v) is 20.5. The van der Waals surface area contributed by atoms with Crippen molar-refractivity contribution in [2.45, 2.75) is 39.5 Å². The molecule has 6 nitrogen and oxygen atoms in total. The summed E-state index contributed by atoms with van der Waals surface area (Å²) in [4.78, 5) is 0. The second kappa shape index (κ2) is 14.3. The van der Waals surface area contributed by atoms with E-state index in [1.165, 1.54) is 77.2 Å². The van der Waals surface area contributed by atoms with E-state index in [1.54, 1.807) is 0 Å². The highest BCUT2D eigenvalue weighted by atomic mass is 31.2. The van der Waals surface area contributed by atoms with Gasteiger partial charge in [0.2, 0.25) is 0 Å². The van der Waals surface area contributed by atoms with E-state index < -0.39 is 16.9 Å². The molecule has 64 heavy (non-hydrogen) atoms. The first-order valence-electron chi connectivity index (χ1n) is 22.0. The van der Waals surface area contributed by atoms with Crippen molar-refractivity contribution in [3.05, 3.63) is 238 Å². The molecule has 0 spiro atoms. The summed E-state index contributed by atoms with van der Waals surface area (Å²) in [5.74, 6) is 1.70. The van der Waals surface area contributed by atoms with Crippen molar-refractivity contribution in [3.63, 3.8) is 0 Å². The van der Waals surface area contributed by atoms with Gasteiger partial charge < -0.3 is 9.05 Å². The third-order valence-electron chi connectivity index (χ3n) is 13.7. The highest BCUT2D eigenvalue weighted by molar-refractivity contribution is 7.50. The van der Waals surface area contributed by atoms with Gasteiger partial charge in [-0.2, -0.15) is 0 Å². The topological polar surface area (TPSA) is 38.2 Å². The van der Waals surface area contributed by atoms with E-state index >= 15 is 0 Å². The number of hydrogen-bond acceptors (Lipinski definition) is 2. The summed E-state index contributed by atoms with van der Waals surface area (Å²) in [7, 11) is -2.91. The normalized spacial score (nSPS) is 15.2. The third-order valence-corrected chi connectivity index (χ3v) is 17.2. The Morgan fingerprint density at radius 3 is 0.984 bits per heavy atom. The van der Waals surface area contributed by atoms with Gasteiger partial charge in [-0.1, -0.05) is 121 Å². The van der Waals surface area contributed by atoms with Crippen molar-refractivity contribution in [3.8, 4) is 11.5 Å². The minimum Gasteiger partial charge on any atom is -0.436 e. The lowest BCUT2D eigenvalue weighted by Crippen LogP contribution is -2.28. The van der Waals surface area contributed by atoms with Crippen molar-refractivity contribution in [1.82, 2.24) is 17.4 Å². The largest absolute Gasteiger partial charge is 0.436 e. The molecule has 0 aliphatic heterocycles. The number of fused-ring (bicyclic) bond motifs is 4. The molecule has 0 fully saturated rings. The average molecular weight is 867 g/mol. The van der Waals surface area contributed by atoms with Gasteiger partial charge in [0, 0.05) is 69.3 Å². The quantitative estimate of drug-likeness (QED) is 0.143. The van der Waals surface area contributed by atoms with Crippen molar-refractivity contribution in [2.75, 3.05) is 0 Å². The molecule has 0 saturated heterocycles. The molecule has 0 atom stereocenters. The first-order chi connectivity index (χ1) is 31.4. The van der Waals surface area contributed by atoms with Gasteiger partial charge in [-0.05, 0) is 109 Å². The van der Waals surface area contributed by atoms with Crippen LogP contribution in [0.15, 0.2) is 183 Å². The lowest BCUT2D eigenvalue weighted by Gasteiger charge is -2.43. The maximum atomic E-state index is 7.72. The smallest absolute Gasteiger partial charge is 0.318 e. The van der Waals surface area contributed by atoms with E-state index in [9.17, 15) is 0 Å². The monoisotopic (exact) mass is 866 g/mol. The molecule has 11 aromatic rings. The maximum Gasteiger partial charge on any atom is 0.318 e. The number of aryl methyl sites for hydroxylation is 4. The Morgan fingerprint density at radius 1 is 0.328 bits per heavy atom. The Hall–Kier alpha value is -6.84. The molecule has 0 radical (unpaired) electrons. The van der Waals surface area contributed by atoms with Gasteiger partial charge in [-0.15, -0.1) is 0 Å². The standard InChI is InChI=1S/C56H44N4O2P2/c1-35-31-57(47-25-11-7-17-39(35)47)63(58-32-36(2)40-18-8-12-26-48(40)58)61-51-29-15-23-45-53-43-21-5-6-22-44(43)56(54(45)51)55-46(53)24-16-30-52(55)62-64(59-33-37(3)41-19-9-13-27-49(41)59)60-34-38(4)42-20-10-14-28-50(42)60/h5-34,53,56H,1-4H3. The lowest BCUT2D eigenvalue weighted by atomic mass is 9.61. The Labute approximate surface area is 374 Å². The van der Waals surface area contributed by atoms with Crippen LogP contribution in [0, 0.1) is 27.7 Å². The van der Waals surface area contributed by atoms with Crippen LogP contribution in [0.1, 0.15) is 67.5 Å². The zero-order valence-electron chi connectivity index (χ0n) is 36.0. The van der Waals surface area contributed by atoms with Gasteiger partial charge >= 0.3 is 16.9 Å². The van der Waals surface area contributed by atoms with Crippen LogP contribution >= 0.6 is 16.9 Å². The highest BCUT2D eigenvalue weighted by Gasteiger charge is 2.45. The fourth-order valence-corrected chi connectivity index (χ4v) is 14.8. The summed E-state index contributed by atoms with van der Waals surface area (Å²) < 4.78 is 24.9. The van der Waals surface area contributed by atoms with E-state index in [1.807, 2.05) is 0 Å². The molecule has 2 bridgehead atoms. The van der Waals surface area contributed by atoms with Gasteiger partial charge in [0.25, 0.3) is 0 Å². The van der Waals surface area contributed by atoms with Crippen LogP contribution in [0.25, 0.3) is 43.6 Å². The lowest BCUT2D eigenvalue weighted by molar-refractivity contribution is 0.557. The summed E-state index contributed by atoms with van der Waals surface area (Å²) in [6.45, 7) is 8.81. The first kappa shape index (κ1) is 37.7. The predicted molar refractivity (Wildman–Crippen MR) is 265 cm³/mol. The number of nitrogens with zero attached hydrogens (tertiary/aromatic N) is 4. The van der Waals surface area contributed by atoms with Gasteiger partial charge in [0.15, 0.2) is 0 Å². The van der Waals surface area contributed by atoms with Crippen LogP contribution in [0.4, 0.5) is 0 Å². The fourth-order valence-electron chi connectivity index (χ4n) is 10.8. The molecule has 3 aliphatic rings. The van der Waals surface area contributed by atoms with E-state index in [0.29, 0.717) is 0 Å². The summed E-state index contributed by atoms with van der Waals surface area (Å²) in [6, 6.07) is 57.3. The first-order valence-corrected chi connectivity index (χ1v) is 24.3. The van der Waals surface area contributed by atoms with Gasteiger partial charge in [-0.25, -0.2) is 0 Å². The Kier molecular flexibility index (Phi) is 8.45. The second-order valence-electron chi connectivity index (χ2n) is 17.4. The summed E-state index contributed by atoms with van der Waals surface area (Å²) in [5.41, 5.74) is 17.2. The molecular weight excluding hydrogens is 823 g/mol. The molecule has 0 N–H and O–H groups in total. The summed E-state index contributed by atoms with van der Waals surface area (Å²) >= 11 is 0. The minimum atomic E-state index is -1.46. The number of para-hydroxylation sites is 4. The van der Waals surface area contributed by atoms with Gasteiger partial charge in [-0.3, -0.25) is 17.4 Å². The molecule has 4 aromatic heterocycles. The minimum absolute atomic E-state index is 0.0179. The zero-order valence-corrected chi connectivity index (χ0v) is 37.8. The Balaban J connectivity index is 1.01. The van der Waals surface area contributed by atoms with Gasteiger partial charge in [0.05, 0.1) is 22.1 Å². The SMILES string of the molecule is Cc1cn(P(Oc2cccc3c2C2c4ccccc4C3c3cccc(OP(n4cc(C)c5ccccc54)n4cc(C)c5ccccc54)c32)n2cc(C)c3ccccc32)c2ccccc12. The number of benzene rings is 7. The molecule has 0 amide bonds. The van der Waals surface area contributed by atoms with E-state index in [-0.39, 0.29) is 11.8 Å². The van der Waals surface area contributed by atoms with Crippen molar-refractivity contribution in [2.24, 2.45) is 0 Å². The number of aromatic nitrogens is 4. The average Bonchev–Trinajstić information content (AvgIpc) is 4.07. The molecule has 8 heteroatoms. The third kappa shape index (κ3) is 5.46. The molecule has 3 aliphatic carbocycles. The van der Waals surface area contributed by atoms with E-state index in [2.05, 4.69) is 228 Å². The van der Waals surface area contributed by atoms with Crippen molar-refractivity contribution in [1.29, 1.82) is 0 Å². The van der Waals surface area contributed by atoms with Crippen LogP contribution < -0.4 is 9.05 Å². The molecule has 0 saturated carbocycles.